The summed E-state index contributed by atoms with van der Waals surface area (Å²) in [6, 6.07) is 6.13. The van der Waals surface area contributed by atoms with Gasteiger partial charge in [0.15, 0.2) is 0 Å². The molecule has 10 nitrogen and oxygen atoms in total. The lowest BCUT2D eigenvalue weighted by molar-refractivity contribution is -0.894. The number of unbranched alkanes of at least 4 members (excludes halogenated alkanes) is 6. The van der Waals surface area contributed by atoms with E-state index in [0.29, 0.717) is 77.1 Å². The number of halogens is 1. The average Bonchev–Trinajstić information content (AvgIpc) is 3.25. The molecule has 2 aliphatic rings. The van der Waals surface area contributed by atoms with Crippen LogP contribution in [-0.4, -0.2) is 112 Å². The van der Waals surface area contributed by atoms with Crippen LogP contribution < -0.4 is 9.80 Å². The molecule has 3 rings (SSSR count). The summed E-state index contributed by atoms with van der Waals surface area (Å²) >= 11 is 5.69. The Bertz CT molecular complexity index is 1600. The van der Waals surface area contributed by atoms with E-state index in [0.717, 1.165) is 57.4 Å². The number of amides is 4. The van der Waals surface area contributed by atoms with Crippen LogP contribution in [0.1, 0.15) is 150 Å². The van der Waals surface area contributed by atoms with Gasteiger partial charge in [-0.1, -0.05) is 71.6 Å². The zero-order valence-corrected chi connectivity index (χ0v) is 41.1. The maximum absolute atomic E-state index is 13.8. The SMILES string of the molecule is CCCCN1C(=O)/C(=C\C=C2\C=C(C(C)(C)C)c3ccc(N(CC)CC)cc3C2)C(=O)N(CCCCCC(=O)CCCOCCOCCCCCCCl)C1=O.CC[NH+](CC)CC. The second-order valence-corrected chi connectivity index (χ2v) is 17.8. The van der Waals surface area contributed by atoms with Gasteiger partial charge in [0.25, 0.3) is 11.8 Å². The van der Waals surface area contributed by atoms with E-state index in [1.807, 2.05) is 13.0 Å². The highest BCUT2D eigenvalue weighted by Gasteiger charge is 2.41. The third-order valence-electron chi connectivity index (χ3n) is 11.8. The van der Waals surface area contributed by atoms with Crippen molar-refractivity contribution in [2.75, 3.05) is 83.0 Å². The monoisotopic (exact) mass is 884 g/mol. The van der Waals surface area contributed by atoms with E-state index in [2.05, 4.69) is 84.6 Å². The lowest BCUT2D eigenvalue weighted by Crippen LogP contribution is -3.11. The normalized spacial score (nSPS) is 15.7. The third kappa shape index (κ3) is 18.8. The number of ketones is 1. The lowest BCUT2D eigenvalue weighted by atomic mass is 9.75. The summed E-state index contributed by atoms with van der Waals surface area (Å²) in [5.74, 6) is -0.182. The molecule has 0 bridgehead atoms. The molecule has 1 fully saturated rings. The molecule has 1 aromatic rings. The number of rotatable bonds is 29. The average molecular weight is 885 g/mol. The highest BCUT2D eigenvalue weighted by molar-refractivity contribution is 6.28. The molecule has 1 heterocycles. The smallest absolute Gasteiger partial charge is 0.333 e. The minimum absolute atomic E-state index is 0.0126. The molecule has 1 aromatic carbocycles. The van der Waals surface area contributed by atoms with Crippen molar-refractivity contribution in [2.45, 2.75) is 146 Å². The fraction of sp³-hybridized carbons (Fsp3) is 0.686. The number of imide groups is 2. The number of urea groups is 1. The van der Waals surface area contributed by atoms with Gasteiger partial charge >= 0.3 is 6.03 Å². The minimum Gasteiger partial charge on any atom is -0.379 e. The van der Waals surface area contributed by atoms with Crippen LogP contribution in [0.4, 0.5) is 10.5 Å². The Morgan fingerprint density at radius 1 is 0.742 bits per heavy atom. The molecule has 0 aromatic heterocycles. The number of quaternary nitrogens is 1. The molecule has 1 aliphatic heterocycles. The number of carbonyl (C=O) groups is 4. The van der Waals surface area contributed by atoms with Crippen LogP contribution in [0.15, 0.2) is 47.6 Å². The number of barbiturate groups is 1. The first-order valence-corrected chi connectivity index (χ1v) is 24.6. The van der Waals surface area contributed by atoms with Gasteiger partial charge in [-0.15, -0.1) is 11.6 Å². The van der Waals surface area contributed by atoms with Crippen LogP contribution in [0.3, 0.4) is 0 Å². The molecule has 350 valence electrons. The number of alkyl halides is 1. The number of carbonyl (C=O) groups excluding carboxylic acids is 4. The van der Waals surface area contributed by atoms with E-state index in [1.54, 1.807) is 11.0 Å². The Balaban J connectivity index is 0.00000173. The van der Waals surface area contributed by atoms with Crippen LogP contribution in [0, 0.1) is 5.41 Å². The lowest BCUT2D eigenvalue weighted by Gasteiger charge is -2.34. The second-order valence-electron chi connectivity index (χ2n) is 17.5. The van der Waals surface area contributed by atoms with E-state index in [-0.39, 0.29) is 29.9 Å². The first kappa shape index (κ1) is 54.8. The fourth-order valence-corrected chi connectivity index (χ4v) is 7.96. The van der Waals surface area contributed by atoms with Gasteiger partial charge in [-0.2, -0.15) is 0 Å². The predicted octanol–water partition coefficient (Wildman–Crippen LogP) is 9.64. The molecule has 0 unspecified atom stereocenters. The number of benzene rings is 1. The van der Waals surface area contributed by atoms with Gasteiger partial charge in [0.05, 0.1) is 32.8 Å². The topological polar surface area (TPSA) is 101 Å². The van der Waals surface area contributed by atoms with E-state index in [9.17, 15) is 19.2 Å². The van der Waals surface area contributed by atoms with Crippen LogP contribution in [0.25, 0.3) is 5.57 Å². The van der Waals surface area contributed by atoms with Gasteiger partial charge in [-0.25, -0.2) is 4.79 Å². The zero-order valence-electron chi connectivity index (χ0n) is 40.3. The van der Waals surface area contributed by atoms with Crippen LogP contribution >= 0.6 is 11.6 Å². The van der Waals surface area contributed by atoms with Gasteiger partial charge in [-0.05, 0) is 125 Å². The highest BCUT2D eigenvalue weighted by atomic mass is 35.5. The summed E-state index contributed by atoms with van der Waals surface area (Å²) < 4.78 is 11.2. The number of anilines is 1. The molecule has 0 spiro atoms. The molecule has 0 atom stereocenters. The van der Waals surface area contributed by atoms with E-state index >= 15 is 0 Å². The Kier molecular flexibility index (Phi) is 27.2. The molecule has 62 heavy (non-hydrogen) atoms. The number of ether oxygens (including phenoxy) is 2. The number of Topliss-reactive ketones (excluding diaryl/α,β-unsaturated/α-hetero) is 1. The maximum atomic E-state index is 13.8. The Morgan fingerprint density at radius 3 is 1.89 bits per heavy atom. The minimum atomic E-state index is -0.553. The summed E-state index contributed by atoms with van der Waals surface area (Å²) in [5, 5.41) is 0. The zero-order chi connectivity index (χ0) is 45.9. The predicted molar refractivity (Wildman–Crippen MR) is 257 cm³/mol. The number of hydrogen-bond donors (Lipinski definition) is 1. The van der Waals surface area contributed by atoms with Crippen molar-refractivity contribution in [1.29, 1.82) is 0 Å². The van der Waals surface area contributed by atoms with Crippen LogP contribution in [0.2, 0.25) is 0 Å². The number of nitrogens with one attached hydrogen (secondary N) is 1. The van der Waals surface area contributed by atoms with E-state index in [1.165, 1.54) is 51.8 Å². The Morgan fingerprint density at radius 2 is 1.32 bits per heavy atom. The summed E-state index contributed by atoms with van der Waals surface area (Å²) in [5.41, 5.74) is 5.75. The quantitative estimate of drug-likeness (QED) is 0.0370. The number of hydrogen-bond acceptors (Lipinski definition) is 7. The summed E-state index contributed by atoms with van der Waals surface area (Å²) in [6.07, 6.45) is 15.7. The van der Waals surface area contributed by atoms with Crippen molar-refractivity contribution in [3.63, 3.8) is 0 Å². The summed E-state index contributed by atoms with van der Waals surface area (Å²) in [7, 11) is 0. The van der Waals surface area contributed by atoms with Gasteiger partial charge in [0.1, 0.15) is 11.4 Å². The van der Waals surface area contributed by atoms with Crippen molar-refractivity contribution in [3.8, 4) is 0 Å². The molecule has 4 amide bonds. The summed E-state index contributed by atoms with van der Waals surface area (Å²) in [4.78, 5) is 59.8. The largest absolute Gasteiger partial charge is 0.379 e. The standard InChI is InChI=1S/C45H68ClN3O6.C6H15N/c1-7-10-26-48-42(51)40(23-21-35-32-36-34-37(47(8-2)9-3)22-24-39(36)41(33-35)45(4,5)6)43(52)49(44(48)53)27-16-13-14-19-38(50)20-18-29-55-31-30-54-28-17-12-11-15-25-46;1-4-7(5-2)6-3/h21-24,33-34H,7-20,25-32H2,1-6H3;4-6H2,1-3H3/p+1/b35-21+,40-23+;. The second kappa shape index (κ2) is 30.7. The first-order chi connectivity index (χ1) is 29.8. The summed E-state index contributed by atoms with van der Waals surface area (Å²) in [6.45, 7) is 28.1. The highest BCUT2D eigenvalue weighted by Crippen LogP contribution is 2.41. The van der Waals surface area contributed by atoms with Crippen LogP contribution in [-0.2, 0) is 30.3 Å². The number of fused-ring (bicyclic) bond motifs is 1. The third-order valence-corrected chi connectivity index (χ3v) is 12.0. The van der Waals surface area contributed by atoms with Gasteiger partial charge < -0.3 is 19.3 Å². The molecule has 0 saturated carbocycles. The molecular weight excluding hydrogens is 800 g/mol. The molecule has 1 aliphatic carbocycles. The van der Waals surface area contributed by atoms with Gasteiger partial charge in [0.2, 0.25) is 0 Å². The van der Waals surface area contributed by atoms with Crippen LogP contribution in [0.5, 0.6) is 0 Å². The molecule has 1 N–H and O–H groups in total. The fourth-order valence-electron chi connectivity index (χ4n) is 7.77. The van der Waals surface area contributed by atoms with E-state index in [4.69, 9.17) is 21.1 Å². The van der Waals surface area contributed by atoms with Crippen molar-refractivity contribution >= 4 is 46.5 Å². The Labute approximate surface area is 381 Å². The van der Waals surface area contributed by atoms with Gasteiger partial charge in [-0.3, -0.25) is 24.2 Å². The molecular formula is C51H84ClN4O6+. The molecule has 0 radical (unpaired) electrons. The number of allylic oxidation sites excluding steroid dienone is 5. The van der Waals surface area contributed by atoms with Gasteiger partial charge in [0, 0.05) is 63.8 Å². The van der Waals surface area contributed by atoms with Crippen molar-refractivity contribution in [2.24, 2.45) is 5.41 Å². The number of nitrogens with zero attached hydrogens (tertiary/aromatic N) is 3. The molecule has 11 heteroatoms. The Hall–Kier alpha value is -3.31. The van der Waals surface area contributed by atoms with Crippen molar-refractivity contribution < 1.29 is 33.6 Å². The molecule has 1 saturated heterocycles. The maximum Gasteiger partial charge on any atom is 0.333 e. The van der Waals surface area contributed by atoms with Crippen molar-refractivity contribution in [3.05, 3.63) is 58.7 Å². The van der Waals surface area contributed by atoms with Crippen molar-refractivity contribution in [1.82, 2.24) is 9.80 Å². The van der Waals surface area contributed by atoms with E-state index < -0.39 is 17.8 Å². The first-order valence-electron chi connectivity index (χ1n) is 24.1.